The van der Waals surface area contributed by atoms with E-state index in [1.807, 2.05) is 38.1 Å². The highest BCUT2D eigenvalue weighted by atomic mass is 16.5. The van der Waals surface area contributed by atoms with Gasteiger partial charge in [0.25, 0.3) is 5.91 Å². The fourth-order valence-electron chi connectivity index (χ4n) is 2.34. The zero-order valence-electron chi connectivity index (χ0n) is 13.0. The average molecular weight is 285 g/mol. The van der Waals surface area contributed by atoms with Gasteiger partial charge in [-0.1, -0.05) is 24.6 Å². The van der Waals surface area contributed by atoms with Crippen molar-refractivity contribution >= 4 is 5.91 Å². The van der Waals surface area contributed by atoms with E-state index in [2.05, 4.69) is 18.3 Å². The Balaban J connectivity index is 1.79. The number of benzene rings is 1. The highest BCUT2D eigenvalue weighted by Gasteiger charge is 2.11. The number of aryl methyl sites for hydroxylation is 1. The summed E-state index contributed by atoms with van der Waals surface area (Å²) in [5, 5.41) is 2.93. The minimum Gasteiger partial charge on any atom is -0.467 e. The molecule has 3 nitrogen and oxygen atoms in total. The van der Waals surface area contributed by atoms with Crippen molar-refractivity contribution in [1.82, 2.24) is 5.32 Å². The molecule has 1 aliphatic heterocycles. The second-order valence-electron chi connectivity index (χ2n) is 5.36. The van der Waals surface area contributed by atoms with Gasteiger partial charge in [-0.15, -0.1) is 0 Å². The maximum Gasteiger partial charge on any atom is 0.251 e. The van der Waals surface area contributed by atoms with Crippen LogP contribution in [0.4, 0.5) is 0 Å². The van der Waals surface area contributed by atoms with Gasteiger partial charge in [0, 0.05) is 18.5 Å². The van der Waals surface area contributed by atoms with Gasteiger partial charge in [0.05, 0.1) is 5.76 Å². The molecule has 0 radical (unpaired) electrons. The van der Waals surface area contributed by atoms with Gasteiger partial charge >= 0.3 is 0 Å². The number of hydrogen-bond donors (Lipinski definition) is 1. The molecule has 0 aromatic heterocycles. The summed E-state index contributed by atoms with van der Waals surface area (Å²) in [6.07, 6.45) is 4.83. The monoisotopic (exact) mass is 285 g/mol. The Morgan fingerprint density at radius 2 is 1.95 bits per heavy atom. The maximum absolute atomic E-state index is 12.0. The van der Waals surface area contributed by atoms with Crippen LogP contribution in [0, 0.1) is 6.92 Å². The molecule has 1 N–H and O–H groups in total. The second-order valence-corrected chi connectivity index (χ2v) is 5.36. The average Bonchev–Trinajstić information content (AvgIpc) is 2.48. The molecule has 0 saturated heterocycles. The van der Waals surface area contributed by atoms with Gasteiger partial charge in [0.15, 0.2) is 0 Å². The lowest BCUT2D eigenvalue weighted by Crippen LogP contribution is -2.25. The molecule has 0 aliphatic carbocycles. The Labute approximate surface area is 126 Å². The van der Waals surface area contributed by atoms with Crippen molar-refractivity contribution in [2.75, 3.05) is 6.54 Å². The molecular formula is C18H23NO2. The highest BCUT2D eigenvalue weighted by Crippen LogP contribution is 2.24. The normalized spacial score (nSPS) is 14.5. The van der Waals surface area contributed by atoms with Crippen molar-refractivity contribution < 1.29 is 9.53 Å². The molecule has 1 aromatic rings. The van der Waals surface area contributed by atoms with Crippen LogP contribution in [0.15, 0.2) is 47.4 Å². The zero-order chi connectivity index (χ0) is 15.2. The lowest BCUT2D eigenvalue weighted by atomic mass is 10.1. The molecule has 1 aliphatic rings. The SMILES string of the molecule is CCC1=C(C)OC(CCNC(=O)c2ccc(C)cc2)=CC1. The Kier molecular flexibility index (Phi) is 5.20. The minimum atomic E-state index is -0.0343. The van der Waals surface area contributed by atoms with Crippen LogP contribution in [0.5, 0.6) is 0 Å². The predicted octanol–water partition coefficient (Wildman–Crippen LogP) is 4.10. The Morgan fingerprint density at radius 1 is 1.24 bits per heavy atom. The zero-order valence-corrected chi connectivity index (χ0v) is 13.0. The third kappa shape index (κ3) is 4.22. The predicted molar refractivity (Wildman–Crippen MR) is 84.9 cm³/mol. The van der Waals surface area contributed by atoms with E-state index in [0.29, 0.717) is 12.1 Å². The van der Waals surface area contributed by atoms with Gasteiger partial charge in [0.1, 0.15) is 5.76 Å². The first kappa shape index (κ1) is 15.4. The van der Waals surface area contributed by atoms with Gasteiger partial charge in [0.2, 0.25) is 0 Å². The molecule has 1 aromatic carbocycles. The summed E-state index contributed by atoms with van der Waals surface area (Å²) >= 11 is 0. The molecular weight excluding hydrogens is 262 g/mol. The molecule has 0 saturated carbocycles. The number of hydrogen-bond acceptors (Lipinski definition) is 2. The first-order chi connectivity index (χ1) is 10.1. The summed E-state index contributed by atoms with van der Waals surface area (Å²) in [5.74, 6) is 1.93. The van der Waals surface area contributed by atoms with Gasteiger partial charge < -0.3 is 10.1 Å². The van der Waals surface area contributed by atoms with Crippen molar-refractivity contribution in [3.8, 4) is 0 Å². The van der Waals surface area contributed by atoms with Gasteiger partial charge in [-0.25, -0.2) is 0 Å². The number of carbonyl (C=O) groups excluding carboxylic acids is 1. The van der Waals surface area contributed by atoms with E-state index >= 15 is 0 Å². The van der Waals surface area contributed by atoms with E-state index in [1.54, 1.807) is 0 Å². The molecule has 21 heavy (non-hydrogen) atoms. The van der Waals surface area contributed by atoms with Gasteiger partial charge in [-0.05, 0) is 50.5 Å². The third-order valence-corrected chi connectivity index (χ3v) is 3.76. The van der Waals surface area contributed by atoms with Gasteiger partial charge in [-0.3, -0.25) is 4.79 Å². The van der Waals surface area contributed by atoms with Crippen LogP contribution in [0.1, 0.15) is 49.0 Å². The fourth-order valence-corrected chi connectivity index (χ4v) is 2.34. The number of nitrogens with one attached hydrogen (secondary N) is 1. The molecule has 3 heteroatoms. The number of carbonyl (C=O) groups is 1. The van der Waals surface area contributed by atoms with E-state index in [0.717, 1.165) is 36.3 Å². The van der Waals surface area contributed by atoms with E-state index in [4.69, 9.17) is 4.74 Å². The Morgan fingerprint density at radius 3 is 2.57 bits per heavy atom. The molecule has 1 amide bonds. The van der Waals surface area contributed by atoms with E-state index in [9.17, 15) is 4.79 Å². The quantitative estimate of drug-likeness (QED) is 0.884. The highest BCUT2D eigenvalue weighted by molar-refractivity contribution is 5.94. The maximum atomic E-state index is 12.0. The van der Waals surface area contributed by atoms with Crippen molar-refractivity contribution in [3.05, 3.63) is 58.6 Å². The lowest BCUT2D eigenvalue weighted by molar-refractivity contribution is 0.0952. The summed E-state index contributed by atoms with van der Waals surface area (Å²) < 4.78 is 5.78. The number of allylic oxidation sites excluding steroid dienone is 3. The molecule has 112 valence electrons. The molecule has 1 heterocycles. The van der Waals surface area contributed by atoms with Crippen LogP contribution >= 0.6 is 0 Å². The van der Waals surface area contributed by atoms with Crippen LogP contribution in [0.3, 0.4) is 0 Å². The van der Waals surface area contributed by atoms with E-state index < -0.39 is 0 Å². The minimum absolute atomic E-state index is 0.0343. The fraction of sp³-hybridized carbons (Fsp3) is 0.389. The topological polar surface area (TPSA) is 38.3 Å². The van der Waals surface area contributed by atoms with Crippen molar-refractivity contribution in [1.29, 1.82) is 0 Å². The van der Waals surface area contributed by atoms with Crippen LogP contribution in [-0.4, -0.2) is 12.5 Å². The second kappa shape index (κ2) is 7.11. The van der Waals surface area contributed by atoms with Crippen molar-refractivity contribution in [3.63, 3.8) is 0 Å². The first-order valence-electron chi connectivity index (χ1n) is 7.50. The molecule has 0 bridgehead atoms. The molecule has 0 spiro atoms. The van der Waals surface area contributed by atoms with Crippen molar-refractivity contribution in [2.45, 2.75) is 40.0 Å². The summed E-state index contributed by atoms with van der Waals surface area (Å²) in [4.78, 5) is 12.0. The summed E-state index contributed by atoms with van der Waals surface area (Å²) in [6, 6.07) is 7.59. The van der Waals surface area contributed by atoms with E-state index in [1.165, 1.54) is 5.57 Å². The first-order valence-corrected chi connectivity index (χ1v) is 7.50. The Hall–Kier alpha value is -2.03. The molecule has 0 atom stereocenters. The summed E-state index contributed by atoms with van der Waals surface area (Å²) in [7, 11) is 0. The van der Waals surface area contributed by atoms with Crippen LogP contribution in [0.2, 0.25) is 0 Å². The van der Waals surface area contributed by atoms with Crippen LogP contribution in [0.25, 0.3) is 0 Å². The molecule has 2 rings (SSSR count). The van der Waals surface area contributed by atoms with Gasteiger partial charge in [-0.2, -0.15) is 0 Å². The summed E-state index contributed by atoms with van der Waals surface area (Å²) in [6.45, 7) is 6.75. The molecule has 0 unspecified atom stereocenters. The number of rotatable bonds is 5. The van der Waals surface area contributed by atoms with Crippen LogP contribution in [-0.2, 0) is 4.74 Å². The van der Waals surface area contributed by atoms with Crippen molar-refractivity contribution in [2.24, 2.45) is 0 Å². The Bertz CT molecular complexity index is 567. The number of amides is 1. The van der Waals surface area contributed by atoms with E-state index in [-0.39, 0.29) is 5.91 Å². The largest absolute Gasteiger partial charge is 0.467 e. The van der Waals surface area contributed by atoms with Crippen LogP contribution < -0.4 is 5.32 Å². The molecule has 0 fully saturated rings. The standard InChI is InChI=1S/C18H23NO2/c1-4-15-9-10-17(21-14(15)3)11-12-19-18(20)16-7-5-13(2)6-8-16/h5-8,10H,4,9,11-12H2,1-3H3,(H,19,20). The summed E-state index contributed by atoms with van der Waals surface area (Å²) in [5.41, 5.74) is 3.20. The third-order valence-electron chi connectivity index (χ3n) is 3.76. The number of ether oxygens (including phenoxy) is 1. The smallest absolute Gasteiger partial charge is 0.251 e. The lowest BCUT2D eigenvalue weighted by Gasteiger charge is -2.19.